The summed E-state index contributed by atoms with van der Waals surface area (Å²) in [6.45, 7) is -2.30. The number of aliphatic carboxylic acids is 1. The first-order valence-corrected chi connectivity index (χ1v) is 6.90. The van der Waals surface area contributed by atoms with Crippen molar-refractivity contribution in [1.29, 1.82) is 0 Å². The van der Waals surface area contributed by atoms with E-state index in [1.807, 2.05) is 0 Å². The lowest BCUT2D eigenvalue weighted by atomic mass is 9.80. The minimum Gasteiger partial charge on any atom is -0.481 e. The number of hydrogen-bond donors (Lipinski definition) is 2. The first-order chi connectivity index (χ1) is 9.75. The van der Waals surface area contributed by atoms with Crippen LogP contribution in [0.4, 0.5) is 13.2 Å². The number of carboxylic acids is 1. The van der Waals surface area contributed by atoms with E-state index in [0.717, 1.165) is 25.7 Å². The zero-order chi connectivity index (χ0) is 15.9. The molecule has 1 rings (SSSR count). The lowest BCUT2D eigenvalue weighted by Gasteiger charge is -2.28. The van der Waals surface area contributed by atoms with E-state index < -0.39 is 36.7 Å². The highest BCUT2D eigenvalue weighted by Gasteiger charge is 2.38. The molecule has 1 saturated carbocycles. The molecule has 0 atom stereocenters. The van der Waals surface area contributed by atoms with Gasteiger partial charge in [-0.05, 0) is 12.8 Å². The highest BCUT2D eigenvalue weighted by atomic mass is 19.4. The molecule has 5 nitrogen and oxygen atoms in total. The molecule has 0 aromatic rings. The van der Waals surface area contributed by atoms with Crippen LogP contribution in [0.3, 0.4) is 0 Å². The molecule has 21 heavy (non-hydrogen) atoms. The summed E-state index contributed by atoms with van der Waals surface area (Å²) in [6, 6.07) is 0. The van der Waals surface area contributed by atoms with E-state index in [1.165, 1.54) is 0 Å². The Morgan fingerprint density at radius 1 is 1.14 bits per heavy atom. The quantitative estimate of drug-likeness (QED) is 0.737. The molecular formula is C13H20F3NO4. The zero-order valence-corrected chi connectivity index (χ0v) is 11.7. The van der Waals surface area contributed by atoms with Crippen molar-refractivity contribution >= 4 is 11.9 Å². The van der Waals surface area contributed by atoms with Gasteiger partial charge in [0.2, 0.25) is 5.91 Å². The molecule has 0 spiro atoms. The lowest BCUT2D eigenvalue weighted by Crippen LogP contribution is -2.44. The summed E-state index contributed by atoms with van der Waals surface area (Å²) in [5, 5.41) is 11.8. The van der Waals surface area contributed by atoms with Crippen LogP contribution >= 0.6 is 0 Å². The van der Waals surface area contributed by atoms with Crippen LogP contribution in [0.5, 0.6) is 0 Å². The maximum Gasteiger partial charge on any atom is 0.411 e. The van der Waals surface area contributed by atoms with Crippen molar-refractivity contribution in [1.82, 2.24) is 5.32 Å². The summed E-state index contributed by atoms with van der Waals surface area (Å²) in [7, 11) is 0. The fraction of sp³-hybridized carbons (Fsp3) is 0.846. The van der Waals surface area contributed by atoms with E-state index >= 15 is 0 Å². The molecule has 0 aromatic carbocycles. The zero-order valence-electron chi connectivity index (χ0n) is 11.7. The van der Waals surface area contributed by atoms with Gasteiger partial charge in [-0.15, -0.1) is 0 Å². The molecule has 0 unspecified atom stereocenters. The molecule has 122 valence electrons. The van der Waals surface area contributed by atoms with Gasteiger partial charge < -0.3 is 15.2 Å². The number of nitrogens with one attached hydrogen (secondary N) is 1. The number of rotatable bonds is 6. The third kappa shape index (κ3) is 6.33. The molecule has 0 aliphatic heterocycles. The first kappa shape index (κ1) is 17.7. The molecule has 8 heteroatoms. The summed E-state index contributed by atoms with van der Waals surface area (Å²) in [4.78, 5) is 22.9. The van der Waals surface area contributed by atoms with Crippen molar-refractivity contribution in [2.24, 2.45) is 5.41 Å². The lowest BCUT2D eigenvalue weighted by molar-refractivity contribution is -0.175. The van der Waals surface area contributed by atoms with Gasteiger partial charge in [0.15, 0.2) is 0 Å². The number of halogens is 3. The summed E-state index contributed by atoms with van der Waals surface area (Å²) in [6.07, 6.45) is -0.100. The van der Waals surface area contributed by atoms with Gasteiger partial charge in [-0.25, -0.2) is 0 Å². The standard InChI is InChI=1S/C13H20F3NO4/c14-13(15,16)9-21-7-10(18)17-8-12(11(19)20)5-3-1-2-4-6-12/h1-9H2,(H,17,18)(H,19,20). The number of alkyl halides is 3. The van der Waals surface area contributed by atoms with Gasteiger partial charge in [0.05, 0.1) is 5.41 Å². The Hall–Kier alpha value is -1.31. The van der Waals surface area contributed by atoms with E-state index in [1.54, 1.807) is 0 Å². The number of carbonyl (C=O) groups excluding carboxylic acids is 1. The summed E-state index contributed by atoms with van der Waals surface area (Å²) in [5.41, 5.74) is -1.02. The van der Waals surface area contributed by atoms with Crippen molar-refractivity contribution in [3.63, 3.8) is 0 Å². The van der Waals surface area contributed by atoms with Crippen molar-refractivity contribution in [2.75, 3.05) is 19.8 Å². The van der Waals surface area contributed by atoms with Gasteiger partial charge in [0.25, 0.3) is 0 Å². The highest BCUT2D eigenvalue weighted by molar-refractivity contribution is 5.79. The second-order valence-corrected chi connectivity index (χ2v) is 5.38. The van der Waals surface area contributed by atoms with Gasteiger partial charge in [-0.3, -0.25) is 9.59 Å². The molecule has 0 heterocycles. The number of carboxylic acid groups (broad SMARTS) is 1. The average Bonchev–Trinajstić information content (AvgIpc) is 2.61. The maximum atomic E-state index is 11.9. The molecule has 0 radical (unpaired) electrons. The topological polar surface area (TPSA) is 75.6 Å². The molecule has 1 fully saturated rings. The Morgan fingerprint density at radius 2 is 1.71 bits per heavy atom. The molecule has 2 N–H and O–H groups in total. The fourth-order valence-electron chi connectivity index (χ4n) is 2.45. The van der Waals surface area contributed by atoms with Crippen molar-refractivity contribution < 1.29 is 32.6 Å². The van der Waals surface area contributed by atoms with Gasteiger partial charge >= 0.3 is 12.1 Å². The Balaban J connectivity index is 2.42. The summed E-state index contributed by atoms with van der Waals surface area (Å²) >= 11 is 0. The molecule has 0 bridgehead atoms. The number of amides is 1. The van der Waals surface area contributed by atoms with Crippen LogP contribution in [-0.4, -0.2) is 42.9 Å². The van der Waals surface area contributed by atoms with Gasteiger partial charge in [-0.2, -0.15) is 13.2 Å². The predicted molar refractivity (Wildman–Crippen MR) is 67.7 cm³/mol. The van der Waals surface area contributed by atoms with Crippen molar-refractivity contribution in [3.05, 3.63) is 0 Å². The van der Waals surface area contributed by atoms with Crippen LogP contribution in [0, 0.1) is 5.41 Å². The first-order valence-electron chi connectivity index (χ1n) is 6.90. The minimum atomic E-state index is -4.48. The van der Waals surface area contributed by atoms with Crippen molar-refractivity contribution in [3.8, 4) is 0 Å². The second kappa shape index (κ2) is 7.63. The molecule has 1 aliphatic rings. The van der Waals surface area contributed by atoms with Gasteiger partial charge in [0.1, 0.15) is 13.2 Å². The van der Waals surface area contributed by atoms with Crippen LogP contribution in [0.1, 0.15) is 38.5 Å². The van der Waals surface area contributed by atoms with Crippen LogP contribution in [-0.2, 0) is 14.3 Å². The van der Waals surface area contributed by atoms with Gasteiger partial charge in [-0.1, -0.05) is 25.7 Å². The minimum absolute atomic E-state index is 0.0729. The van der Waals surface area contributed by atoms with Crippen LogP contribution in [0.15, 0.2) is 0 Å². The summed E-state index contributed by atoms with van der Waals surface area (Å²) < 4.78 is 39.8. The third-order valence-electron chi connectivity index (χ3n) is 3.64. The molecular weight excluding hydrogens is 291 g/mol. The van der Waals surface area contributed by atoms with Crippen LogP contribution in [0.25, 0.3) is 0 Å². The average molecular weight is 311 g/mol. The number of carbonyl (C=O) groups is 2. The molecule has 0 saturated heterocycles. The Kier molecular flexibility index (Phi) is 6.44. The number of ether oxygens (including phenoxy) is 1. The smallest absolute Gasteiger partial charge is 0.411 e. The Bertz CT molecular complexity index is 363. The summed E-state index contributed by atoms with van der Waals surface area (Å²) in [5.74, 6) is -1.70. The monoisotopic (exact) mass is 311 g/mol. The molecule has 1 amide bonds. The fourth-order valence-corrected chi connectivity index (χ4v) is 2.45. The number of hydrogen-bond acceptors (Lipinski definition) is 3. The normalized spacial score (nSPS) is 18.8. The predicted octanol–water partition coefficient (Wildman–Crippen LogP) is 2.11. The maximum absolute atomic E-state index is 11.9. The van der Waals surface area contributed by atoms with E-state index in [4.69, 9.17) is 0 Å². The molecule has 0 aromatic heterocycles. The van der Waals surface area contributed by atoms with Gasteiger partial charge in [0, 0.05) is 6.54 Å². The SMILES string of the molecule is O=C(COCC(F)(F)F)NCC1(C(=O)O)CCCCCC1. The van der Waals surface area contributed by atoms with E-state index in [0.29, 0.717) is 12.8 Å². The Labute approximate surface area is 120 Å². The third-order valence-corrected chi connectivity index (χ3v) is 3.64. The Morgan fingerprint density at radius 3 is 2.19 bits per heavy atom. The second-order valence-electron chi connectivity index (χ2n) is 5.38. The van der Waals surface area contributed by atoms with Crippen LogP contribution < -0.4 is 5.32 Å². The van der Waals surface area contributed by atoms with E-state index in [9.17, 15) is 27.9 Å². The highest BCUT2D eigenvalue weighted by Crippen LogP contribution is 2.34. The van der Waals surface area contributed by atoms with Crippen LogP contribution in [0.2, 0.25) is 0 Å². The van der Waals surface area contributed by atoms with E-state index in [2.05, 4.69) is 10.1 Å². The van der Waals surface area contributed by atoms with E-state index in [-0.39, 0.29) is 6.54 Å². The molecule has 1 aliphatic carbocycles. The largest absolute Gasteiger partial charge is 0.481 e. The van der Waals surface area contributed by atoms with Crippen molar-refractivity contribution in [2.45, 2.75) is 44.7 Å².